The fourth-order valence-electron chi connectivity index (χ4n) is 2.90. The molecule has 1 aromatic heterocycles. The third-order valence-corrected chi connectivity index (χ3v) is 4.03. The molecule has 114 valence electrons. The minimum atomic E-state index is -0.143. The van der Waals surface area contributed by atoms with Gasteiger partial charge in [0.1, 0.15) is 0 Å². The van der Waals surface area contributed by atoms with Crippen molar-refractivity contribution in [1.29, 1.82) is 0 Å². The molecular formula is C18H16N4O. The summed E-state index contributed by atoms with van der Waals surface area (Å²) in [6.07, 6.45) is 6.37. The van der Waals surface area contributed by atoms with Crippen LogP contribution in [0.25, 0.3) is 5.69 Å². The Hall–Kier alpha value is -3.08. The van der Waals surface area contributed by atoms with Crippen molar-refractivity contribution in [3.8, 4) is 5.69 Å². The number of hydrogen-bond donors (Lipinski definition) is 2. The lowest BCUT2D eigenvalue weighted by Crippen LogP contribution is -2.33. The molecule has 2 heterocycles. The van der Waals surface area contributed by atoms with Crippen LogP contribution in [0.3, 0.4) is 0 Å². The highest BCUT2D eigenvalue weighted by molar-refractivity contribution is 5.92. The summed E-state index contributed by atoms with van der Waals surface area (Å²) >= 11 is 0. The number of hydrogen-bond acceptors (Lipinski definition) is 2. The van der Waals surface area contributed by atoms with Crippen molar-refractivity contribution in [2.45, 2.75) is 13.0 Å². The Kier molecular flexibility index (Phi) is 3.31. The highest BCUT2D eigenvalue weighted by Crippen LogP contribution is 2.24. The van der Waals surface area contributed by atoms with Crippen LogP contribution < -0.4 is 10.6 Å². The van der Waals surface area contributed by atoms with Crippen molar-refractivity contribution in [3.05, 3.63) is 77.9 Å². The average molecular weight is 304 g/mol. The number of nitrogens with one attached hydrogen (secondary N) is 2. The number of anilines is 1. The van der Waals surface area contributed by atoms with Crippen molar-refractivity contribution in [2.75, 3.05) is 5.32 Å². The summed E-state index contributed by atoms with van der Waals surface area (Å²) in [4.78, 5) is 15.5. The maximum atomic E-state index is 11.3. The monoisotopic (exact) mass is 304 g/mol. The molecule has 0 atom stereocenters. The highest BCUT2D eigenvalue weighted by atomic mass is 16.2. The van der Waals surface area contributed by atoms with Crippen LogP contribution in [-0.4, -0.2) is 15.6 Å². The number of urea groups is 1. The molecule has 0 saturated heterocycles. The van der Waals surface area contributed by atoms with Gasteiger partial charge in [0.05, 0.1) is 6.33 Å². The molecule has 4 rings (SSSR count). The van der Waals surface area contributed by atoms with Gasteiger partial charge in [0.25, 0.3) is 0 Å². The van der Waals surface area contributed by atoms with E-state index < -0.39 is 0 Å². The zero-order valence-electron chi connectivity index (χ0n) is 12.5. The summed E-state index contributed by atoms with van der Waals surface area (Å²) < 4.78 is 2.02. The smallest absolute Gasteiger partial charge is 0.319 e. The van der Waals surface area contributed by atoms with E-state index in [9.17, 15) is 4.79 Å². The van der Waals surface area contributed by atoms with Gasteiger partial charge in [0, 0.05) is 30.3 Å². The van der Waals surface area contributed by atoms with Gasteiger partial charge in [-0.2, -0.15) is 0 Å². The van der Waals surface area contributed by atoms with Gasteiger partial charge in [0.15, 0.2) is 0 Å². The van der Waals surface area contributed by atoms with E-state index >= 15 is 0 Å². The molecule has 1 aliphatic heterocycles. The minimum absolute atomic E-state index is 0.143. The van der Waals surface area contributed by atoms with Gasteiger partial charge in [-0.25, -0.2) is 9.78 Å². The van der Waals surface area contributed by atoms with Crippen LogP contribution in [0.2, 0.25) is 0 Å². The molecule has 0 radical (unpaired) electrons. The normalized spacial score (nSPS) is 13.1. The SMILES string of the molecule is O=C1NCc2cc(Cc3ccccc3-n3ccnc3)ccc2N1. The number of imidazole rings is 1. The predicted octanol–water partition coefficient (Wildman–Crippen LogP) is 3.10. The Morgan fingerprint density at radius 1 is 1.17 bits per heavy atom. The standard InChI is InChI=1S/C18H16N4O/c23-18-20-11-15-10-13(5-6-16(15)21-18)9-14-3-1-2-4-17(14)22-8-7-19-12-22/h1-8,10,12H,9,11H2,(H2,20,21,23). The Morgan fingerprint density at radius 3 is 2.96 bits per heavy atom. The Balaban J connectivity index is 1.66. The number of rotatable bonds is 3. The number of amides is 2. The molecule has 5 nitrogen and oxygen atoms in total. The van der Waals surface area contributed by atoms with Gasteiger partial charge < -0.3 is 15.2 Å². The molecule has 23 heavy (non-hydrogen) atoms. The van der Waals surface area contributed by atoms with E-state index in [0.29, 0.717) is 6.54 Å². The Labute approximate surface area is 134 Å². The van der Waals surface area contributed by atoms with Crippen molar-refractivity contribution in [3.63, 3.8) is 0 Å². The number of fused-ring (bicyclic) bond motifs is 1. The number of aromatic nitrogens is 2. The van der Waals surface area contributed by atoms with E-state index in [1.165, 1.54) is 11.1 Å². The summed E-state index contributed by atoms with van der Waals surface area (Å²) in [7, 11) is 0. The molecule has 0 aliphatic carbocycles. The molecule has 2 aromatic carbocycles. The highest BCUT2D eigenvalue weighted by Gasteiger charge is 2.14. The number of carbonyl (C=O) groups is 1. The van der Waals surface area contributed by atoms with Gasteiger partial charge in [-0.05, 0) is 35.2 Å². The number of para-hydroxylation sites is 1. The van der Waals surface area contributed by atoms with E-state index in [1.54, 1.807) is 6.20 Å². The van der Waals surface area contributed by atoms with E-state index in [1.807, 2.05) is 29.2 Å². The number of nitrogens with zero attached hydrogens (tertiary/aromatic N) is 2. The van der Waals surface area contributed by atoms with Crippen molar-refractivity contribution >= 4 is 11.7 Å². The molecule has 2 amide bonds. The van der Waals surface area contributed by atoms with Gasteiger partial charge in [-0.1, -0.05) is 30.3 Å². The lowest BCUT2D eigenvalue weighted by atomic mass is 9.99. The van der Waals surface area contributed by atoms with Gasteiger partial charge in [-0.3, -0.25) is 0 Å². The molecule has 0 saturated carbocycles. The second-order valence-corrected chi connectivity index (χ2v) is 5.57. The maximum Gasteiger partial charge on any atom is 0.319 e. The topological polar surface area (TPSA) is 59.0 Å². The van der Waals surface area contributed by atoms with Gasteiger partial charge in [-0.15, -0.1) is 0 Å². The third kappa shape index (κ3) is 2.68. The van der Waals surface area contributed by atoms with Crippen LogP contribution in [-0.2, 0) is 13.0 Å². The summed E-state index contributed by atoms with van der Waals surface area (Å²) in [5.74, 6) is 0. The molecule has 5 heteroatoms. The van der Waals surface area contributed by atoms with Crippen molar-refractivity contribution in [1.82, 2.24) is 14.9 Å². The zero-order valence-corrected chi connectivity index (χ0v) is 12.5. The lowest BCUT2D eigenvalue weighted by Gasteiger charge is -2.19. The average Bonchev–Trinajstić information content (AvgIpc) is 3.10. The van der Waals surface area contributed by atoms with Crippen LogP contribution in [0, 0.1) is 0 Å². The molecule has 2 N–H and O–H groups in total. The quantitative estimate of drug-likeness (QED) is 0.781. The fourth-order valence-corrected chi connectivity index (χ4v) is 2.90. The molecule has 1 aliphatic rings. The summed E-state index contributed by atoms with van der Waals surface area (Å²) in [6, 6.07) is 14.4. The molecule has 3 aromatic rings. The minimum Gasteiger partial charge on any atom is -0.334 e. The van der Waals surface area contributed by atoms with Crippen LogP contribution in [0.5, 0.6) is 0 Å². The number of carbonyl (C=O) groups excluding carboxylic acids is 1. The first-order valence-corrected chi connectivity index (χ1v) is 7.52. The van der Waals surface area contributed by atoms with Crippen LogP contribution in [0.4, 0.5) is 10.5 Å². The summed E-state index contributed by atoms with van der Waals surface area (Å²) in [6.45, 7) is 0.568. The van der Waals surface area contributed by atoms with Crippen LogP contribution >= 0.6 is 0 Å². The van der Waals surface area contributed by atoms with Gasteiger partial charge >= 0.3 is 6.03 Å². The van der Waals surface area contributed by atoms with Crippen LogP contribution in [0.1, 0.15) is 16.7 Å². The first-order valence-electron chi connectivity index (χ1n) is 7.52. The molecule has 0 spiro atoms. The molecule has 0 unspecified atom stereocenters. The van der Waals surface area contributed by atoms with E-state index in [-0.39, 0.29) is 6.03 Å². The van der Waals surface area contributed by atoms with E-state index in [0.717, 1.165) is 23.4 Å². The first-order chi connectivity index (χ1) is 11.3. The Morgan fingerprint density at radius 2 is 2.09 bits per heavy atom. The summed E-state index contributed by atoms with van der Waals surface area (Å²) in [5, 5.41) is 5.62. The fraction of sp³-hybridized carbons (Fsp3) is 0.111. The molecular weight excluding hydrogens is 288 g/mol. The zero-order chi connectivity index (χ0) is 15.6. The largest absolute Gasteiger partial charge is 0.334 e. The third-order valence-electron chi connectivity index (χ3n) is 4.03. The van der Waals surface area contributed by atoms with Crippen LogP contribution in [0.15, 0.2) is 61.2 Å². The van der Waals surface area contributed by atoms with E-state index in [4.69, 9.17) is 0 Å². The second kappa shape index (κ2) is 5.61. The molecule has 0 bridgehead atoms. The molecule has 0 fully saturated rings. The van der Waals surface area contributed by atoms with Crippen molar-refractivity contribution < 1.29 is 4.79 Å². The van der Waals surface area contributed by atoms with Crippen molar-refractivity contribution in [2.24, 2.45) is 0 Å². The predicted molar refractivity (Wildman–Crippen MR) is 88.7 cm³/mol. The summed E-state index contributed by atoms with van der Waals surface area (Å²) in [5.41, 5.74) is 5.59. The first kappa shape index (κ1) is 13.6. The lowest BCUT2D eigenvalue weighted by molar-refractivity contribution is 0.251. The van der Waals surface area contributed by atoms with Gasteiger partial charge in [0.2, 0.25) is 0 Å². The Bertz CT molecular complexity index is 855. The maximum absolute atomic E-state index is 11.3. The second-order valence-electron chi connectivity index (χ2n) is 5.57. The number of benzene rings is 2. The van der Waals surface area contributed by atoms with E-state index in [2.05, 4.69) is 45.9 Å².